The first-order chi connectivity index (χ1) is 3.72. The van der Waals surface area contributed by atoms with Gasteiger partial charge in [0.15, 0.2) is 0 Å². The van der Waals surface area contributed by atoms with Gasteiger partial charge in [-0.25, -0.2) is 4.79 Å². The number of carbonyl (C=O) groups is 1. The fourth-order valence-electron chi connectivity index (χ4n) is 0.430. The van der Waals surface area contributed by atoms with Gasteiger partial charge in [0.25, 0.3) is 0 Å². The summed E-state index contributed by atoms with van der Waals surface area (Å²) in [6.07, 6.45) is 0. The van der Waals surface area contributed by atoms with Crippen molar-refractivity contribution in [1.82, 2.24) is 0 Å². The Morgan fingerprint density at radius 3 is 2.25 bits per heavy atom. The van der Waals surface area contributed by atoms with Gasteiger partial charge in [-0.3, -0.25) is 0 Å². The highest BCUT2D eigenvalue weighted by Crippen LogP contribution is 2.03. The SMILES string of the molecule is NC1=C(N)C(=O)OC1. The first kappa shape index (κ1) is 4.96. The molecule has 0 saturated heterocycles. The van der Waals surface area contributed by atoms with E-state index < -0.39 is 5.97 Å². The van der Waals surface area contributed by atoms with E-state index >= 15 is 0 Å². The number of rotatable bonds is 0. The molecular formula is C4H6N2O2. The average Bonchev–Trinajstić information content (AvgIpc) is 1.98. The van der Waals surface area contributed by atoms with Crippen molar-refractivity contribution in [2.75, 3.05) is 6.61 Å². The van der Waals surface area contributed by atoms with E-state index in [9.17, 15) is 4.79 Å². The Morgan fingerprint density at radius 1 is 1.50 bits per heavy atom. The van der Waals surface area contributed by atoms with Gasteiger partial charge in [0.05, 0.1) is 5.70 Å². The first-order valence-corrected chi connectivity index (χ1v) is 2.13. The Labute approximate surface area is 46.1 Å². The van der Waals surface area contributed by atoms with Gasteiger partial charge in [-0.1, -0.05) is 0 Å². The van der Waals surface area contributed by atoms with Crippen LogP contribution in [0.3, 0.4) is 0 Å². The molecule has 0 aromatic heterocycles. The van der Waals surface area contributed by atoms with Gasteiger partial charge in [0, 0.05) is 0 Å². The number of cyclic esters (lactones) is 1. The molecule has 4 N–H and O–H groups in total. The van der Waals surface area contributed by atoms with Crippen LogP contribution in [0.5, 0.6) is 0 Å². The van der Waals surface area contributed by atoms with Crippen LogP contribution >= 0.6 is 0 Å². The molecule has 0 aromatic rings. The maximum atomic E-state index is 10.3. The Hall–Kier alpha value is -1.19. The van der Waals surface area contributed by atoms with E-state index in [2.05, 4.69) is 4.74 Å². The van der Waals surface area contributed by atoms with E-state index in [0.717, 1.165) is 0 Å². The van der Waals surface area contributed by atoms with Crippen molar-refractivity contribution in [3.63, 3.8) is 0 Å². The highest BCUT2D eigenvalue weighted by molar-refractivity contribution is 5.90. The molecule has 0 unspecified atom stereocenters. The second-order valence-corrected chi connectivity index (χ2v) is 1.52. The molecule has 4 heteroatoms. The van der Waals surface area contributed by atoms with Crippen LogP contribution in [0, 0.1) is 0 Å². The third-order valence-corrected chi connectivity index (χ3v) is 0.925. The number of esters is 1. The van der Waals surface area contributed by atoms with Crippen LogP contribution in [0.15, 0.2) is 11.4 Å². The molecule has 0 spiro atoms. The third-order valence-electron chi connectivity index (χ3n) is 0.925. The summed E-state index contributed by atoms with van der Waals surface area (Å²) in [6.45, 7) is 0.144. The van der Waals surface area contributed by atoms with Gasteiger partial charge >= 0.3 is 5.97 Å². The molecule has 1 aliphatic rings. The van der Waals surface area contributed by atoms with Crippen LogP contribution in [0.25, 0.3) is 0 Å². The lowest BCUT2D eigenvalue weighted by Gasteiger charge is -1.85. The Kier molecular flexibility index (Phi) is 0.865. The molecule has 4 nitrogen and oxygen atoms in total. The minimum absolute atomic E-state index is 0.0463. The zero-order valence-electron chi connectivity index (χ0n) is 4.18. The molecule has 1 heterocycles. The van der Waals surface area contributed by atoms with Crippen molar-refractivity contribution >= 4 is 5.97 Å². The van der Waals surface area contributed by atoms with E-state index in [1.807, 2.05) is 0 Å². The van der Waals surface area contributed by atoms with Crippen molar-refractivity contribution in [1.29, 1.82) is 0 Å². The molecule has 0 amide bonds. The smallest absolute Gasteiger partial charge is 0.356 e. The number of nitrogens with two attached hydrogens (primary N) is 2. The topological polar surface area (TPSA) is 78.3 Å². The summed E-state index contributed by atoms with van der Waals surface area (Å²) < 4.78 is 4.41. The highest BCUT2D eigenvalue weighted by atomic mass is 16.5. The molecular weight excluding hydrogens is 108 g/mol. The van der Waals surface area contributed by atoms with Crippen LogP contribution < -0.4 is 11.5 Å². The van der Waals surface area contributed by atoms with Gasteiger partial charge in [0.1, 0.15) is 12.3 Å². The van der Waals surface area contributed by atoms with Gasteiger partial charge in [-0.2, -0.15) is 0 Å². The van der Waals surface area contributed by atoms with Gasteiger partial charge < -0.3 is 16.2 Å². The van der Waals surface area contributed by atoms with E-state index in [1.54, 1.807) is 0 Å². The zero-order valence-corrected chi connectivity index (χ0v) is 4.18. The average molecular weight is 114 g/mol. The van der Waals surface area contributed by atoms with Crippen molar-refractivity contribution in [2.24, 2.45) is 11.5 Å². The predicted octanol–water partition coefficient (Wildman–Crippen LogP) is -1.33. The molecule has 0 radical (unpaired) electrons. The number of hydrogen-bond acceptors (Lipinski definition) is 4. The van der Waals surface area contributed by atoms with E-state index in [4.69, 9.17) is 11.5 Å². The minimum atomic E-state index is -0.512. The second-order valence-electron chi connectivity index (χ2n) is 1.52. The molecule has 0 fully saturated rings. The fourth-order valence-corrected chi connectivity index (χ4v) is 0.430. The van der Waals surface area contributed by atoms with E-state index in [1.165, 1.54) is 0 Å². The largest absolute Gasteiger partial charge is 0.454 e. The molecule has 0 saturated carbocycles. The lowest BCUT2D eigenvalue weighted by atomic mass is 10.4. The van der Waals surface area contributed by atoms with Crippen LogP contribution in [0.1, 0.15) is 0 Å². The molecule has 0 aliphatic carbocycles. The lowest BCUT2D eigenvalue weighted by Crippen LogP contribution is -2.10. The molecule has 1 rings (SSSR count). The standard InChI is InChI=1S/C4H6N2O2/c5-2-1-8-4(7)3(2)6/h1,5-6H2. The van der Waals surface area contributed by atoms with E-state index in [-0.39, 0.29) is 12.3 Å². The lowest BCUT2D eigenvalue weighted by molar-refractivity contribution is -0.136. The van der Waals surface area contributed by atoms with Crippen molar-refractivity contribution in [3.05, 3.63) is 11.4 Å². The summed E-state index contributed by atoms with van der Waals surface area (Å²) >= 11 is 0. The second kappa shape index (κ2) is 1.40. The van der Waals surface area contributed by atoms with Gasteiger partial charge in [-0.05, 0) is 0 Å². The highest BCUT2D eigenvalue weighted by Gasteiger charge is 2.18. The summed E-state index contributed by atoms with van der Waals surface area (Å²) in [4.78, 5) is 10.3. The normalized spacial score (nSPS) is 19.2. The van der Waals surface area contributed by atoms with Crippen LogP contribution in [-0.2, 0) is 9.53 Å². The van der Waals surface area contributed by atoms with Gasteiger partial charge in [0.2, 0.25) is 0 Å². The van der Waals surface area contributed by atoms with Crippen LogP contribution in [0.2, 0.25) is 0 Å². The summed E-state index contributed by atoms with van der Waals surface area (Å²) in [5, 5.41) is 0. The quantitative estimate of drug-likeness (QED) is 0.382. The van der Waals surface area contributed by atoms with Crippen molar-refractivity contribution < 1.29 is 9.53 Å². The molecule has 0 atom stereocenters. The van der Waals surface area contributed by atoms with Crippen LogP contribution in [0.4, 0.5) is 0 Å². The summed E-state index contributed by atoms with van der Waals surface area (Å²) in [7, 11) is 0. The number of carbonyl (C=O) groups excluding carboxylic acids is 1. The Morgan fingerprint density at radius 2 is 2.12 bits per heavy atom. The van der Waals surface area contributed by atoms with Crippen molar-refractivity contribution in [2.45, 2.75) is 0 Å². The predicted molar refractivity (Wildman–Crippen MR) is 26.4 cm³/mol. The summed E-state index contributed by atoms with van der Waals surface area (Å²) in [5.41, 5.74) is 10.7. The molecule has 44 valence electrons. The maximum Gasteiger partial charge on any atom is 0.356 e. The first-order valence-electron chi connectivity index (χ1n) is 2.13. The van der Waals surface area contributed by atoms with Gasteiger partial charge in [-0.15, -0.1) is 0 Å². The third kappa shape index (κ3) is 0.501. The monoisotopic (exact) mass is 114 g/mol. The van der Waals surface area contributed by atoms with E-state index in [0.29, 0.717) is 5.70 Å². The van der Waals surface area contributed by atoms with Crippen LogP contribution in [-0.4, -0.2) is 12.6 Å². The molecule has 1 aliphatic heterocycles. The summed E-state index contributed by atoms with van der Waals surface area (Å²) in [6, 6.07) is 0. The number of hydrogen-bond donors (Lipinski definition) is 2. The molecule has 0 bridgehead atoms. The molecule has 0 aromatic carbocycles. The fraction of sp³-hybridized carbons (Fsp3) is 0.250. The Balaban J connectivity index is 2.86. The van der Waals surface area contributed by atoms with Crippen molar-refractivity contribution in [3.8, 4) is 0 Å². The number of ether oxygens (including phenoxy) is 1. The maximum absolute atomic E-state index is 10.3. The minimum Gasteiger partial charge on any atom is -0.454 e. The summed E-state index contributed by atoms with van der Waals surface area (Å²) in [5.74, 6) is -0.512. The molecule has 8 heavy (non-hydrogen) atoms. The Bertz CT molecular complexity index is 161. The zero-order chi connectivity index (χ0) is 6.15.